The van der Waals surface area contributed by atoms with E-state index < -0.39 is 5.60 Å². The van der Waals surface area contributed by atoms with Crippen LogP contribution in [0.1, 0.15) is 43.4 Å². The number of likely N-dealkylation sites (tertiary alicyclic amines) is 1. The minimum absolute atomic E-state index is 0.0136. The molecular weight excluding hydrogens is 424 g/mol. The van der Waals surface area contributed by atoms with Crippen LogP contribution in [0.25, 0.3) is 0 Å². The molecule has 2 N–H and O–H groups in total. The number of aryl methyl sites for hydroxylation is 2. The van der Waals surface area contributed by atoms with Gasteiger partial charge in [0.15, 0.2) is 0 Å². The van der Waals surface area contributed by atoms with E-state index in [0.29, 0.717) is 32.5 Å². The number of nitrogens with zero attached hydrogens (tertiary/aromatic N) is 1. The lowest BCUT2D eigenvalue weighted by atomic mass is 9.92. The highest BCUT2D eigenvalue weighted by Gasteiger charge is 2.34. The van der Waals surface area contributed by atoms with Crippen LogP contribution in [0.15, 0.2) is 42.5 Å². The first-order valence-electron chi connectivity index (χ1n) is 11.2. The van der Waals surface area contributed by atoms with Crippen molar-refractivity contribution in [2.75, 3.05) is 26.2 Å². The number of aliphatic hydroxyl groups is 1. The highest BCUT2D eigenvalue weighted by atomic mass is 35.5. The van der Waals surface area contributed by atoms with E-state index >= 15 is 0 Å². The molecule has 3 rings (SSSR count). The Hall–Kier alpha value is -2.08. The topological polar surface area (TPSA) is 61.8 Å². The van der Waals surface area contributed by atoms with E-state index in [1.807, 2.05) is 58.0 Å². The van der Waals surface area contributed by atoms with Crippen molar-refractivity contribution >= 4 is 17.5 Å². The van der Waals surface area contributed by atoms with E-state index in [0.717, 1.165) is 28.3 Å². The minimum Gasteiger partial charge on any atom is -0.491 e. The second kappa shape index (κ2) is 10.2. The predicted octanol–water partition coefficient (Wildman–Crippen LogP) is 4.30. The van der Waals surface area contributed by atoms with Crippen LogP contribution in [0, 0.1) is 13.8 Å². The number of hydrogen-bond acceptors (Lipinski definition) is 4. The quantitative estimate of drug-likeness (QED) is 0.619. The molecule has 1 aliphatic heterocycles. The van der Waals surface area contributed by atoms with E-state index in [4.69, 9.17) is 16.3 Å². The van der Waals surface area contributed by atoms with Gasteiger partial charge in [-0.1, -0.05) is 41.9 Å². The van der Waals surface area contributed by atoms with E-state index in [1.165, 1.54) is 5.56 Å². The summed E-state index contributed by atoms with van der Waals surface area (Å²) in [4.78, 5) is 14.7. The average Bonchev–Trinajstić information content (AvgIpc) is 2.72. The molecule has 0 aromatic heterocycles. The van der Waals surface area contributed by atoms with E-state index in [1.54, 1.807) is 0 Å². The first-order valence-corrected chi connectivity index (χ1v) is 11.6. The molecule has 32 heavy (non-hydrogen) atoms. The SMILES string of the molecule is Cc1cc(OCC2(O)CCN(CC(=O)NC(C)(C)Cc3ccccc3)CC2)cc(C)c1Cl. The number of carbonyl (C=O) groups is 1. The largest absolute Gasteiger partial charge is 0.491 e. The maximum atomic E-state index is 12.6. The van der Waals surface area contributed by atoms with E-state index in [9.17, 15) is 9.90 Å². The van der Waals surface area contributed by atoms with Crippen molar-refractivity contribution in [3.8, 4) is 5.75 Å². The van der Waals surface area contributed by atoms with Crippen molar-refractivity contribution in [3.05, 3.63) is 64.2 Å². The Morgan fingerprint density at radius 1 is 1.16 bits per heavy atom. The van der Waals surface area contributed by atoms with Crippen LogP contribution < -0.4 is 10.1 Å². The molecule has 0 unspecified atom stereocenters. The summed E-state index contributed by atoms with van der Waals surface area (Å²) in [6, 6.07) is 14.0. The molecule has 0 aliphatic carbocycles. The molecule has 1 saturated heterocycles. The number of benzene rings is 2. The second-order valence-corrected chi connectivity index (χ2v) is 10.1. The summed E-state index contributed by atoms with van der Waals surface area (Å²) >= 11 is 6.22. The number of halogens is 1. The molecule has 0 saturated carbocycles. The molecule has 0 atom stereocenters. The van der Waals surface area contributed by atoms with Gasteiger partial charge in [-0.3, -0.25) is 9.69 Å². The van der Waals surface area contributed by atoms with Gasteiger partial charge in [0, 0.05) is 23.7 Å². The van der Waals surface area contributed by atoms with Crippen LogP contribution in [-0.4, -0.2) is 53.3 Å². The number of carbonyl (C=O) groups excluding carboxylic acids is 1. The third kappa shape index (κ3) is 6.96. The Balaban J connectivity index is 1.45. The summed E-state index contributed by atoms with van der Waals surface area (Å²) in [6.07, 6.45) is 1.92. The van der Waals surface area contributed by atoms with Gasteiger partial charge in [0.1, 0.15) is 18.0 Å². The van der Waals surface area contributed by atoms with Gasteiger partial charge in [-0.05, 0) is 75.8 Å². The molecule has 2 aromatic carbocycles. The summed E-state index contributed by atoms with van der Waals surface area (Å²) in [6.45, 7) is 9.87. The van der Waals surface area contributed by atoms with Gasteiger partial charge in [0.2, 0.25) is 5.91 Å². The summed E-state index contributed by atoms with van der Waals surface area (Å²) < 4.78 is 5.90. The fraction of sp³-hybridized carbons (Fsp3) is 0.500. The van der Waals surface area contributed by atoms with Crippen LogP contribution >= 0.6 is 11.6 Å². The third-order valence-electron chi connectivity index (χ3n) is 6.04. The molecule has 2 aromatic rings. The van der Waals surface area contributed by atoms with Gasteiger partial charge in [0.05, 0.1) is 6.54 Å². The molecule has 1 amide bonds. The van der Waals surface area contributed by atoms with Crippen molar-refractivity contribution in [1.82, 2.24) is 10.2 Å². The van der Waals surface area contributed by atoms with Crippen molar-refractivity contribution in [2.45, 2.75) is 58.1 Å². The van der Waals surface area contributed by atoms with Gasteiger partial charge < -0.3 is 15.2 Å². The smallest absolute Gasteiger partial charge is 0.234 e. The van der Waals surface area contributed by atoms with Gasteiger partial charge >= 0.3 is 0 Å². The third-order valence-corrected chi connectivity index (χ3v) is 6.63. The molecule has 0 spiro atoms. The Bertz CT molecular complexity index is 899. The highest BCUT2D eigenvalue weighted by Crippen LogP contribution is 2.28. The zero-order valence-electron chi connectivity index (χ0n) is 19.6. The van der Waals surface area contributed by atoms with Crippen molar-refractivity contribution in [2.24, 2.45) is 0 Å². The molecule has 1 fully saturated rings. The maximum Gasteiger partial charge on any atom is 0.234 e. The Labute approximate surface area is 196 Å². The first kappa shape index (κ1) is 24.6. The Morgan fingerprint density at radius 3 is 2.34 bits per heavy atom. The van der Waals surface area contributed by atoms with Crippen LogP contribution in [0.2, 0.25) is 5.02 Å². The monoisotopic (exact) mass is 458 g/mol. The molecular formula is C26H35ClN2O3. The number of amides is 1. The van der Waals surface area contributed by atoms with Gasteiger partial charge in [0.25, 0.3) is 0 Å². The normalized spacial score (nSPS) is 16.6. The number of rotatable bonds is 8. The number of ether oxygens (including phenoxy) is 1. The standard InChI is InChI=1S/C26H35ClN2O3/c1-19-14-22(15-20(2)24(19)27)32-18-26(31)10-12-29(13-11-26)17-23(30)28-25(3,4)16-21-8-6-5-7-9-21/h5-9,14-15,31H,10-13,16-18H2,1-4H3,(H,28,30). The minimum atomic E-state index is -0.888. The fourth-order valence-corrected chi connectivity index (χ4v) is 4.36. The summed E-state index contributed by atoms with van der Waals surface area (Å²) in [5, 5.41) is 14.9. The summed E-state index contributed by atoms with van der Waals surface area (Å²) in [5.74, 6) is 0.736. The summed E-state index contributed by atoms with van der Waals surface area (Å²) in [7, 11) is 0. The lowest BCUT2D eigenvalue weighted by Gasteiger charge is -2.38. The van der Waals surface area contributed by atoms with Crippen LogP contribution in [0.4, 0.5) is 0 Å². The first-order chi connectivity index (χ1) is 15.1. The number of nitrogens with one attached hydrogen (secondary N) is 1. The average molecular weight is 459 g/mol. The molecule has 174 valence electrons. The Morgan fingerprint density at radius 2 is 1.75 bits per heavy atom. The number of hydrogen-bond donors (Lipinski definition) is 2. The molecule has 1 heterocycles. The zero-order valence-corrected chi connectivity index (χ0v) is 20.3. The highest BCUT2D eigenvalue weighted by molar-refractivity contribution is 6.32. The van der Waals surface area contributed by atoms with Crippen LogP contribution in [-0.2, 0) is 11.2 Å². The molecule has 5 nitrogen and oxygen atoms in total. The van der Waals surface area contributed by atoms with Gasteiger partial charge in [-0.25, -0.2) is 0 Å². The number of piperidine rings is 1. The molecule has 6 heteroatoms. The molecule has 0 bridgehead atoms. The van der Waals surface area contributed by atoms with Crippen LogP contribution in [0.5, 0.6) is 5.75 Å². The predicted molar refractivity (Wildman–Crippen MR) is 129 cm³/mol. The van der Waals surface area contributed by atoms with Crippen molar-refractivity contribution in [3.63, 3.8) is 0 Å². The molecule has 0 radical (unpaired) electrons. The fourth-order valence-electron chi connectivity index (χ4n) is 4.25. The van der Waals surface area contributed by atoms with Gasteiger partial charge in [-0.2, -0.15) is 0 Å². The summed E-state index contributed by atoms with van der Waals surface area (Å²) in [5.41, 5.74) is 1.92. The lowest BCUT2D eigenvalue weighted by molar-refractivity contribution is -0.125. The van der Waals surface area contributed by atoms with Gasteiger partial charge in [-0.15, -0.1) is 0 Å². The second-order valence-electron chi connectivity index (χ2n) is 9.75. The van der Waals surface area contributed by atoms with Crippen molar-refractivity contribution in [1.29, 1.82) is 0 Å². The van der Waals surface area contributed by atoms with Crippen LogP contribution in [0.3, 0.4) is 0 Å². The Kier molecular flexibility index (Phi) is 7.86. The van der Waals surface area contributed by atoms with E-state index in [2.05, 4.69) is 22.3 Å². The zero-order chi connectivity index (χ0) is 23.4. The lowest BCUT2D eigenvalue weighted by Crippen LogP contribution is -2.53. The molecule has 1 aliphatic rings. The van der Waals surface area contributed by atoms with E-state index in [-0.39, 0.29) is 18.1 Å². The van der Waals surface area contributed by atoms with Crippen molar-refractivity contribution < 1.29 is 14.6 Å². The maximum absolute atomic E-state index is 12.6.